The van der Waals surface area contributed by atoms with E-state index in [1.54, 1.807) is 0 Å². The highest BCUT2D eigenvalue weighted by atomic mass is 35.5. The van der Waals surface area contributed by atoms with Crippen LogP contribution in [0, 0.1) is 0 Å². The lowest BCUT2D eigenvalue weighted by molar-refractivity contribution is -0.272. The summed E-state index contributed by atoms with van der Waals surface area (Å²) < 4.78 is 0. The van der Waals surface area contributed by atoms with Gasteiger partial charge in [-0.05, 0) is 18.0 Å². The normalized spacial score (nSPS) is 9.56. The third kappa shape index (κ3) is 7.88. The molecule has 0 saturated carbocycles. The first-order valence-corrected chi connectivity index (χ1v) is 2.99. The van der Waals surface area contributed by atoms with Crippen molar-refractivity contribution in [2.45, 2.75) is 12.8 Å². The number of halogens is 1. The predicted octanol–water partition coefficient (Wildman–Crippen LogP) is 1.11. The van der Waals surface area contributed by atoms with Crippen molar-refractivity contribution in [1.82, 2.24) is 0 Å². The molecule has 0 aliphatic rings. The van der Waals surface area contributed by atoms with Gasteiger partial charge >= 0.3 is 0 Å². The third-order valence-electron chi connectivity index (χ3n) is 0.719. The molecule has 0 aromatic rings. The first-order valence-electron chi connectivity index (χ1n) is 2.61. The number of carbonyl (C=O) groups excluding carboxylic acids is 1. The van der Waals surface area contributed by atoms with E-state index < -0.39 is 0 Å². The van der Waals surface area contributed by atoms with Crippen molar-refractivity contribution < 1.29 is 14.6 Å². The van der Waals surface area contributed by atoms with Crippen LogP contribution >= 0.6 is 11.6 Å². The molecule has 0 aliphatic heterocycles. The second-order valence-corrected chi connectivity index (χ2v) is 1.87. The summed E-state index contributed by atoms with van der Waals surface area (Å²) in [6.45, 7) is 0.412. The van der Waals surface area contributed by atoms with Gasteiger partial charge in [0.1, 0.15) is 0 Å². The summed E-state index contributed by atoms with van der Waals surface area (Å²) >= 11 is 5.02. The van der Waals surface area contributed by atoms with E-state index in [4.69, 9.17) is 11.6 Å². The highest BCUT2D eigenvalue weighted by Gasteiger charge is 1.94. The van der Waals surface area contributed by atoms with E-state index in [1.807, 2.05) is 0 Å². The molecular weight excluding hydrogens is 144 g/mol. The molecular formula is C5H9ClO3. The Bertz CT molecular complexity index is 84.3. The topological polar surface area (TPSA) is 35.5 Å². The summed E-state index contributed by atoms with van der Waals surface area (Å²) in [5, 5.41) is -0.338. The number of hydrogen-bond donors (Lipinski definition) is 0. The molecule has 4 heteroatoms. The minimum absolute atomic E-state index is 0.338. The van der Waals surface area contributed by atoms with Gasteiger partial charge in [-0.15, -0.1) is 0 Å². The van der Waals surface area contributed by atoms with E-state index in [9.17, 15) is 4.79 Å². The Morgan fingerprint density at radius 2 is 2.33 bits per heavy atom. The smallest absolute Gasteiger partial charge is 0.221 e. The molecule has 0 bridgehead atoms. The van der Waals surface area contributed by atoms with Crippen LogP contribution in [0.4, 0.5) is 0 Å². The van der Waals surface area contributed by atoms with Gasteiger partial charge in [0, 0.05) is 6.42 Å². The van der Waals surface area contributed by atoms with Crippen molar-refractivity contribution in [2.24, 2.45) is 0 Å². The Morgan fingerprint density at radius 3 is 2.78 bits per heavy atom. The van der Waals surface area contributed by atoms with Gasteiger partial charge in [0.2, 0.25) is 5.24 Å². The second-order valence-electron chi connectivity index (χ2n) is 1.45. The fourth-order valence-electron chi connectivity index (χ4n) is 0.353. The van der Waals surface area contributed by atoms with Crippen LogP contribution in [-0.4, -0.2) is 19.0 Å². The molecule has 0 rings (SSSR count). The molecule has 0 N–H and O–H groups in total. The minimum atomic E-state index is -0.338. The van der Waals surface area contributed by atoms with Gasteiger partial charge in [0.05, 0.1) is 13.7 Å². The first-order chi connectivity index (χ1) is 4.27. The van der Waals surface area contributed by atoms with Crippen molar-refractivity contribution in [2.75, 3.05) is 13.7 Å². The number of rotatable bonds is 5. The second kappa shape index (κ2) is 6.01. The van der Waals surface area contributed by atoms with Crippen molar-refractivity contribution in [1.29, 1.82) is 0 Å². The van der Waals surface area contributed by atoms with Gasteiger partial charge in [-0.3, -0.25) is 4.79 Å². The Balaban J connectivity index is 2.83. The van der Waals surface area contributed by atoms with Gasteiger partial charge in [0.15, 0.2) is 0 Å². The lowest BCUT2D eigenvalue weighted by Gasteiger charge is -1.95. The molecule has 0 radical (unpaired) electrons. The molecule has 3 nitrogen and oxygen atoms in total. The quantitative estimate of drug-likeness (QED) is 0.256. The molecule has 0 aromatic heterocycles. The van der Waals surface area contributed by atoms with E-state index in [0.29, 0.717) is 19.4 Å². The lowest BCUT2D eigenvalue weighted by Crippen LogP contribution is -1.95. The van der Waals surface area contributed by atoms with Gasteiger partial charge in [-0.2, -0.15) is 0 Å². The monoisotopic (exact) mass is 152 g/mol. The maximum absolute atomic E-state index is 10.1. The molecule has 0 atom stereocenters. The molecule has 0 amide bonds. The fourth-order valence-corrected chi connectivity index (χ4v) is 0.487. The van der Waals surface area contributed by atoms with Gasteiger partial charge in [-0.1, -0.05) is 0 Å². The lowest BCUT2D eigenvalue weighted by atomic mass is 10.3. The summed E-state index contributed by atoms with van der Waals surface area (Å²) in [5.41, 5.74) is 0. The van der Waals surface area contributed by atoms with Gasteiger partial charge in [-0.25, -0.2) is 9.78 Å². The van der Waals surface area contributed by atoms with E-state index in [2.05, 4.69) is 9.78 Å². The molecule has 0 aliphatic carbocycles. The van der Waals surface area contributed by atoms with Crippen molar-refractivity contribution in [3.63, 3.8) is 0 Å². The summed E-state index contributed by atoms with van der Waals surface area (Å²) in [7, 11) is 1.42. The first kappa shape index (κ1) is 8.88. The molecule has 9 heavy (non-hydrogen) atoms. The van der Waals surface area contributed by atoms with Crippen LogP contribution in [0.15, 0.2) is 0 Å². The molecule has 0 spiro atoms. The van der Waals surface area contributed by atoms with Crippen LogP contribution in [0.5, 0.6) is 0 Å². The summed E-state index contributed by atoms with van der Waals surface area (Å²) in [5.74, 6) is 0. The largest absolute Gasteiger partial charge is 0.281 e. The minimum Gasteiger partial charge on any atom is -0.281 e. The molecule has 0 aromatic carbocycles. The van der Waals surface area contributed by atoms with E-state index >= 15 is 0 Å². The zero-order valence-electron chi connectivity index (χ0n) is 5.22. The highest BCUT2D eigenvalue weighted by molar-refractivity contribution is 6.63. The van der Waals surface area contributed by atoms with E-state index in [1.165, 1.54) is 7.11 Å². The molecule has 0 heterocycles. The maximum Gasteiger partial charge on any atom is 0.221 e. The average Bonchev–Trinajstić information content (AvgIpc) is 1.80. The zero-order chi connectivity index (χ0) is 7.11. The van der Waals surface area contributed by atoms with E-state index in [-0.39, 0.29) is 5.24 Å². The standard InChI is InChI=1S/C5H9ClO3/c1-8-9-4-2-3-5(6)7/h2-4H2,1H3. The van der Waals surface area contributed by atoms with Crippen LogP contribution in [0.3, 0.4) is 0 Å². The SMILES string of the molecule is COOCCCC(=O)Cl. The fraction of sp³-hybridized carbons (Fsp3) is 0.800. The predicted molar refractivity (Wildman–Crippen MR) is 33.1 cm³/mol. The van der Waals surface area contributed by atoms with Crippen molar-refractivity contribution >= 4 is 16.8 Å². The average molecular weight is 153 g/mol. The van der Waals surface area contributed by atoms with Crippen LogP contribution in [0.25, 0.3) is 0 Å². The van der Waals surface area contributed by atoms with Crippen LogP contribution in [0.1, 0.15) is 12.8 Å². The molecule has 54 valence electrons. The van der Waals surface area contributed by atoms with Crippen LogP contribution in [0.2, 0.25) is 0 Å². The Morgan fingerprint density at radius 1 is 1.67 bits per heavy atom. The Kier molecular flexibility index (Phi) is 5.93. The maximum atomic E-state index is 10.1. The zero-order valence-corrected chi connectivity index (χ0v) is 5.98. The van der Waals surface area contributed by atoms with Crippen LogP contribution < -0.4 is 0 Å². The van der Waals surface area contributed by atoms with Gasteiger partial charge < -0.3 is 0 Å². The molecule has 0 unspecified atom stereocenters. The molecule has 0 saturated heterocycles. The Labute approximate surface area is 58.8 Å². The highest BCUT2D eigenvalue weighted by Crippen LogP contribution is 1.94. The molecule has 0 fully saturated rings. The van der Waals surface area contributed by atoms with E-state index in [0.717, 1.165) is 0 Å². The van der Waals surface area contributed by atoms with Crippen LogP contribution in [-0.2, 0) is 14.6 Å². The Hall–Kier alpha value is -0.120. The van der Waals surface area contributed by atoms with Crippen molar-refractivity contribution in [3.8, 4) is 0 Å². The summed E-state index contributed by atoms with van der Waals surface area (Å²) in [6.07, 6.45) is 0.946. The summed E-state index contributed by atoms with van der Waals surface area (Å²) in [4.78, 5) is 18.8. The third-order valence-corrected chi connectivity index (χ3v) is 0.908. The summed E-state index contributed by atoms with van der Waals surface area (Å²) in [6, 6.07) is 0. The number of carbonyl (C=O) groups is 1. The van der Waals surface area contributed by atoms with Gasteiger partial charge in [0.25, 0.3) is 0 Å². The van der Waals surface area contributed by atoms with Crippen molar-refractivity contribution in [3.05, 3.63) is 0 Å². The number of hydrogen-bond acceptors (Lipinski definition) is 3.